The monoisotopic (exact) mass is 272 g/mol. The zero-order valence-corrected chi connectivity index (χ0v) is 12.6. The SMILES string of the molecule is CCCCCNC(=O)NC(CC(=O)O)CC(C)(C)C. The Bertz CT molecular complexity index is 285. The molecular weight excluding hydrogens is 244 g/mol. The summed E-state index contributed by atoms with van der Waals surface area (Å²) in [7, 11) is 0. The molecule has 0 saturated carbocycles. The molecule has 5 nitrogen and oxygen atoms in total. The lowest BCUT2D eigenvalue weighted by Crippen LogP contribution is -2.44. The van der Waals surface area contributed by atoms with Gasteiger partial charge in [0, 0.05) is 12.6 Å². The zero-order chi connectivity index (χ0) is 14.9. The predicted molar refractivity (Wildman–Crippen MR) is 76.2 cm³/mol. The van der Waals surface area contributed by atoms with E-state index in [1.54, 1.807) is 0 Å². The first kappa shape index (κ1) is 17.7. The molecule has 0 bridgehead atoms. The summed E-state index contributed by atoms with van der Waals surface area (Å²) in [6, 6.07) is -0.602. The topological polar surface area (TPSA) is 78.4 Å². The molecule has 1 atom stereocenters. The number of carbonyl (C=O) groups is 2. The number of carboxylic acids is 1. The number of carboxylic acid groups (broad SMARTS) is 1. The van der Waals surface area contributed by atoms with E-state index in [0.29, 0.717) is 13.0 Å². The number of urea groups is 1. The summed E-state index contributed by atoms with van der Waals surface area (Å²) in [4.78, 5) is 22.5. The van der Waals surface area contributed by atoms with Crippen molar-refractivity contribution in [1.82, 2.24) is 10.6 Å². The Labute approximate surface area is 116 Å². The van der Waals surface area contributed by atoms with Gasteiger partial charge in [-0.25, -0.2) is 4.79 Å². The minimum absolute atomic E-state index is 0.0182. The number of hydrogen-bond donors (Lipinski definition) is 3. The Kier molecular flexibility index (Phi) is 8.19. The summed E-state index contributed by atoms with van der Waals surface area (Å²) in [5.74, 6) is -0.888. The molecule has 0 spiro atoms. The molecule has 112 valence electrons. The Hall–Kier alpha value is -1.26. The van der Waals surface area contributed by atoms with Crippen LogP contribution in [0.1, 0.15) is 59.8 Å². The van der Waals surface area contributed by atoms with Crippen LogP contribution in [0.15, 0.2) is 0 Å². The van der Waals surface area contributed by atoms with Crippen molar-refractivity contribution in [3.8, 4) is 0 Å². The zero-order valence-electron chi connectivity index (χ0n) is 12.6. The molecule has 0 rings (SSSR count). The van der Waals surface area contributed by atoms with Gasteiger partial charge in [0.15, 0.2) is 0 Å². The van der Waals surface area contributed by atoms with E-state index in [1.807, 2.05) is 20.8 Å². The average molecular weight is 272 g/mol. The highest BCUT2D eigenvalue weighted by Crippen LogP contribution is 2.22. The number of amides is 2. The summed E-state index contributed by atoms with van der Waals surface area (Å²) in [5.41, 5.74) is -0.0182. The van der Waals surface area contributed by atoms with Crippen LogP contribution in [-0.2, 0) is 4.79 Å². The predicted octanol–water partition coefficient (Wildman–Crippen LogP) is 2.76. The largest absolute Gasteiger partial charge is 0.481 e. The van der Waals surface area contributed by atoms with Gasteiger partial charge in [-0.3, -0.25) is 4.79 Å². The fraction of sp³-hybridized carbons (Fsp3) is 0.857. The summed E-state index contributed by atoms with van der Waals surface area (Å²) in [5, 5.41) is 14.4. The lowest BCUT2D eigenvalue weighted by molar-refractivity contribution is -0.137. The van der Waals surface area contributed by atoms with Crippen LogP contribution >= 0.6 is 0 Å². The second kappa shape index (κ2) is 8.77. The van der Waals surface area contributed by atoms with Crippen LogP contribution in [0.3, 0.4) is 0 Å². The summed E-state index contributed by atoms with van der Waals surface area (Å²) in [6.07, 6.45) is 3.74. The number of unbranched alkanes of at least 4 members (excludes halogenated alkanes) is 2. The maximum Gasteiger partial charge on any atom is 0.315 e. The first-order valence-electron chi connectivity index (χ1n) is 7.00. The molecular formula is C14H28N2O3. The molecule has 0 heterocycles. The molecule has 2 amide bonds. The molecule has 0 saturated heterocycles. The summed E-state index contributed by atoms with van der Waals surface area (Å²) in [6.45, 7) is 8.83. The van der Waals surface area contributed by atoms with Crippen molar-refractivity contribution in [3.63, 3.8) is 0 Å². The van der Waals surface area contributed by atoms with Gasteiger partial charge in [-0.05, 0) is 18.3 Å². The van der Waals surface area contributed by atoms with Crippen LogP contribution in [0.25, 0.3) is 0 Å². The van der Waals surface area contributed by atoms with Crippen LogP contribution in [0.4, 0.5) is 4.79 Å². The Morgan fingerprint density at radius 1 is 1.21 bits per heavy atom. The van der Waals surface area contributed by atoms with Crippen LogP contribution in [0.5, 0.6) is 0 Å². The lowest BCUT2D eigenvalue weighted by Gasteiger charge is -2.25. The molecule has 0 fully saturated rings. The third-order valence-electron chi connectivity index (χ3n) is 2.68. The minimum Gasteiger partial charge on any atom is -0.481 e. The molecule has 0 aliphatic carbocycles. The van der Waals surface area contributed by atoms with E-state index in [-0.39, 0.29) is 23.9 Å². The van der Waals surface area contributed by atoms with E-state index in [0.717, 1.165) is 19.3 Å². The number of carbonyl (C=O) groups excluding carboxylic acids is 1. The number of hydrogen-bond acceptors (Lipinski definition) is 2. The third-order valence-corrected chi connectivity index (χ3v) is 2.68. The Morgan fingerprint density at radius 3 is 2.32 bits per heavy atom. The van der Waals surface area contributed by atoms with Gasteiger partial charge in [0.2, 0.25) is 0 Å². The van der Waals surface area contributed by atoms with Crippen molar-refractivity contribution < 1.29 is 14.7 Å². The molecule has 0 aromatic rings. The molecule has 0 aliphatic heterocycles. The lowest BCUT2D eigenvalue weighted by atomic mass is 9.87. The second-order valence-electron chi connectivity index (χ2n) is 6.17. The molecule has 0 aliphatic rings. The molecule has 1 unspecified atom stereocenters. The van der Waals surface area contributed by atoms with Gasteiger partial charge in [-0.15, -0.1) is 0 Å². The van der Waals surface area contributed by atoms with Gasteiger partial charge in [-0.2, -0.15) is 0 Å². The van der Waals surface area contributed by atoms with Crippen molar-refractivity contribution in [3.05, 3.63) is 0 Å². The summed E-state index contributed by atoms with van der Waals surface area (Å²) >= 11 is 0. The van der Waals surface area contributed by atoms with Crippen molar-refractivity contribution in [2.75, 3.05) is 6.54 Å². The van der Waals surface area contributed by atoms with Gasteiger partial charge in [0.25, 0.3) is 0 Å². The Morgan fingerprint density at radius 2 is 1.84 bits per heavy atom. The maximum absolute atomic E-state index is 11.7. The highest BCUT2D eigenvalue weighted by molar-refractivity contribution is 5.75. The van der Waals surface area contributed by atoms with Crippen LogP contribution in [0.2, 0.25) is 0 Å². The van der Waals surface area contributed by atoms with Gasteiger partial charge < -0.3 is 15.7 Å². The maximum atomic E-state index is 11.7. The number of nitrogens with one attached hydrogen (secondary N) is 2. The van der Waals surface area contributed by atoms with Crippen LogP contribution < -0.4 is 10.6 Å². The fourth-order valence-corrected chi connectivity index (χ4v) is 1.94. The first-order valence-corrected chi connectivity index (χ1v) is 7.00. The summed E-state index contributed by atoms with van der Waals surface area (Å²) < 4.78 is 0. The van der Waals surface area contributed by atoms with Crippen molar-refractivity contribution in [1.29, 1.82) is 0 Å². The second-order valence-corrected chi connectivity index (χ2v) is 6.17. The molecule has 0 aromatic carbocycles. The third kappa shape index (κ3) is 11.6. The van der Waals surface area contributed by atoms with E-state index >= 15 is 0 Å². The Balaban J connectivity index is 4.15. The molecule has 3 N–H and O–H groups in total. The minimum atomic E-state index is -0.888. The highest BCUT2D eigenvalue weighted by Gasteiger charge is 2.22. The van der Waals surface area contributed by atoms with Gasteiger partial charge in [-0.1, -0.05) is 40.5 Å². The molecule has 5 heteroatoms. The smallest absolute Gasteiger partial charge is 0.315 e. The van der Waals surface area contributed by atoms with E-state index < -0.39 is 5.97 Å². The van der Waals surface area contributed by atoms with Crippen LogP contribution in [0, 0.1) is 5.41 Å². The van der Waals surface area contributed by atoms with Crippen molar-refractivity contribution >= 4 is 12.0 Å². The van der Waals surface area contributed by atoms with Gasteiger partial charge in [0.1, 0.15) is 0 Å². The quantitative estimate of drug-likeness (QED) is 0.594. The first-order chi connectivity index (χ1) is 8.74. The molecule has 19 heavy (non-hydrogen) atoms. The average Bonchev–Trinajstić information content (AvgIpc) is 2.20. The molecule has 0 aromatic heterocycles. The van der Waals surface area contributed by atoms with Crippen LogP contribution in [-0.4, -0.2) is 29.7 Å². The standard InChI is InChI=1S/C14H28N2O3/c1-5-6-7-8-15-13(19)16-11(9-12(17)18)10-14(2,3)4/h11H,5-10H2,1-4H3,(H,17,18)(H2,15,16,19). The van der Waals surface area contributed by atoms with Crippen molar-refractivity contribution in [2.24, 2.45) is 5.41 Å². The number of aliphatic carboxylic acids is 1. The van der Waals surface area contributed by atoms with Crippen molar-refractivity contribution in [2.45, 2.75) is 65.8 Å². The van der Waals surface area contributed by atoms with Gasteiger partial charge >= 0.3 is 12.0 Å². The van der Waals surface area contributed by atoms with Gasteiger partial charge in [0.05, 0.1) is 6.42 Å². The van der Waals surface area contributed by atoms with E-state index in [9.17, 15) is 9.59 Å². The highest BCUT2D eigenvalue weighted by atomic mass is 16.4. The number of rotatable bonds is 8. The normalized spacial score (nSPS) is 12.8. The van der Waals surface area contributed by atoms with E-state index in [1.165, 1.54) is 0 Å². The van der Waals surface area contributed by atoms with E-state index in [2.05, 4.69) is 17.6 Å². The van der Waals surface area contributed by atoms with E-state index in [4.69, 9.17) is 5.11 Å². The fourth-order valence-electron chi connectivity index (χ4n) is 1.94. The molecule has 0 radical (unpaired) electrons.